The van der Waals surface area contributed by atoms with Crippen LogP contribution in [-0.4, -0.2) is 12.3 Å². The summed E-state index contributed by atoms with van der Waals surface area (Å²) in [4.78, 5) is 1.27. The highest BCUT2D eigenvalue weighted by atomic mass is 35.5. The smallest absolute Gasteiger partial charge is 0.0545 e. The van der Waals surface area contributed by atoms with Crippen molar-refractivity contribution in [1.29, 1.82) is 0 Å². The fourth-order valence-electron chi connectivity index (χ4n) is 2.17. The summed E-state index contributed by atoms with van der Waals surface area (Å²) in [6.07, 6.45) is 2.46. The third-order valence-electron chi connectivity index (χ3n) is 2.86. The molecule has 2 atom stereocenters. The summed E-state index contributed by atoms with van der Waals surface area (Å²) in [6, 6.07) is 6.67. The van der Waals surface area contributed by atoms with Gasteiger partial charge in [0.1, 0.15) is 0 Å². The average Bonchev–Trinajstić information content (AvgIpc) is 2.58. The Kier molecular flexibility index (Phi) is 3.60. The van der Waals surface area contributed by atoms with E-state index in [1.54, 1.807) is 0 Å². The van der Waals surface area contributed by atoms with E-state index in [1.165, 1.54) is 23.3 Å². The molecule has 2 unspecified atom stereocenters. The van der Waals surface area contributed by atoms with Gasteiger partial charge in [-0.2, -0.15) is 0 Å². The number of hydrogen-bond acceptors (Lipinski definition) is 2. The predicted octanol–water partition coefficient (Wildman–Crippen LogP) is 3.87. The van der Waals surface area contributed by atoms with Crippen molar-refractivity contribution in [1.82, 2.24) is 5.32 Å². The Bertz CT molecular complexity index is 353. The topological polar surface area (TPSA) is 12.0 Å². The molecule has 0 spiro atoms. The lowest BCUT2D eigenvalue weighted by Crippen LogP contribution is -2.23. The largest absolute Gasteiger partial charge is 0.312 e. The van der Waals surface area contributed by atoms with Crippen LogP contribution in [0.3, 0.4) is 0 Å². The van der Waals surface area contributed by atoms with Crippen molar-refractivity contribution < 1.29 is 0 Å². The normalized spacial score (nSPS) is 24.2. The molecular weight excluding hydrogens is 226 g/mol. The second-order valence-corrected chi connectivity index (χ2v) is 5.53. The Morgan fingerprint density at radius 3 is 2.93 bits per heavy atom. The lowest BCUT2D eigenvalue weighted by Gasteiger charge is -2.17. The first kappa shape index (κ1) is 11.3. The van der Waals surface area contributed by atoms with Gasteiger partial charge < -0.3 is 5.32 Å². The summed E-state index contributed by atoms with van der Waals surface area (Å²) in [5.74, 6) is 0. The van der Waals surface area contributed by atoms with Crippen LogP contribution in [-0.2, 0) is 0 Å². The van der Waals surface area contributed by atoms with E-state index in [-0.39, 0.29) is 0 Å². The van der Waals surface area contributed by atoms with Crippen LogP contribution < -0.4 is 5.32 Å². The SMILES string of the molecule is CCCC1Sc2c(Cl)cccc2C1NC. The molecule has 1 aromatic rings. The summed E-state index contributed by atoms with van der Waals surface area (Å²) in [7, 11) is 2.03. The highest BCUT2D eigenvalue weighted by Crippen LogP contribution is 2.48. The Morgan fingerprint density at radius 1 is 1.47 bits per heavy atom. The first-order chi connectivity index (χ1) is 7.27. The standard InChI is InChI=1S/C12H16ClNS/c1-3-5-10-11(14-2)8-6-4-7-9(13)12(8)15-10/h4,6-7,10-11,14H,3,5H2,1-2H3. The third kappa shape index (κ3) is 2.03. The van der Waals surface area contributed by atoms with Gasteiger partial charge >= 0.3 is 0 Å². The minimum Gasteiger partial charge on any atom is -0.312 e. The molecule has 2 rings (SSSR count). The van der Waals surface area contributed by atoms with Crippen molar-refractivity contribution in [2.75, 3.05) is 7.05 Å². The molecule has 3 heteroatoms. The van der Waals surface area contributed by atoms with Crippen molar-refractivity contribution in [2.24, 2.45) is 0 Å². The molecule has 0 saturated heterocycles. The minimum absolute atomic E-state index is 0.462. The van der Waals surface area contributed by atoms with Crippen molar-refractivity contribution >= 4 is 23.4 Å². The van der Waals surface area contributed by atoms with Gasteiger partial charge in [0.25, 0.3) is 0 Å². The zero-order chi connectivity index (χ0) is 10.8. The number of nitrogens with one attached hydrogen (secondary N) is 1. The second-order valence-electron chi connectivity index (χ2n) is 3.87. The molecule has 0 fully saturated rings. The molecular formula is C12H16ClNS. The maximum Gasteiger partial charge on any atom is 0.0545 e. The molecule has 0 aromatic heterocycles. The maximum atomic E-state index is 6.21. The van der Waals surface area contributed by atoms with E-state index < -0.39 is 0 Å². The molecule has 0 aliphatic carbocycles. The minimum atomic E-state index is 0.462. The fraction of sp³-hybridized carbons (Fsp3) is 0.500. The molecule has 82 valence electrons. The van der Waals surface area contributed by atoms with Gasteiger partial charge in [0, 0.05) is 16.2 Å². The van der Waals surface area contributed by atoms with E-state index in [2.05, 4.69) is 18.3 Å². The molecule has 1 aliphatic heterocycles. The number of fused-ring (bicyclic) bond motifs is 1. The highest BCUT2D eigenvalue weighted by molar-refractivity contribution is 8.00. The van der Waals surface area contributed by atoms with Gasteiger partial charge in [0.15, 0.2) is 0 Å². The summed E-state index contributed by atoms with van der Waals surface area (Å²) in [6.45, 7) is 2.23. The quantitative estimate of drug-likeness (QED) is 0.862. The van der Waals surface area contributed by atoms with Crippen LogP contribution >= 0.6 is 23.4 Å². The molecule has 1 nitrogen and oxygen atoms in total. The summed E-state index contributed by atoms with van der Waals surface area (Å²) in [5, 5.41) is 4.94. The number of halogens is 1. The maximum absolute atomic E-state index is 6.21. The monoisotopic (exact) mass is 241 g/mol. The molecule has 15 heavy (non-hydrogen) atoms. The lowest BCUT2D eigenvalue weighted by molar-refractivity contribution is 0.544. The second kappa shape index (κ2) is 4.77. The van der Waals surface area contributed by atoms with E-state index in [4.69, 9.17) is 11.6 Å². The number of thioether (sulfide) groups is 1. The summed E-state index contributed by atoms with van der Waals surface area (Å²) in [5.41, 5.74) is 1.37. The average molecular weight is 242 g/mol. The van der Waals surface area contributed by atoms with E-state index in [1.807, 2.05) is 30.9 Å². The van der Waals surface area contributed by atoms with E-state index >= 15 is 0 Å². The molecule has 1 N–H and O–H groups in total. The Balaban J connectivity index is 2.32. The van der Waals surface area contributed by atoms with Crippen LogP contribution in [0, 0.1) is 0 Å². The van der Waals surface area contributed by atoms with Crippen LogP contribution in [0.5, 0.6) is 0 Å². The molecule has 0 bridgehead atoms. The van der Waals surface area contributed by atoms with Crippen LogP contribution in [0.4, 0.5) is 0 Å². The van der Waals surface area contributed by atoms with Crippen molar-refractivity contribution in [3.63, 3.8) is 0 Å². The van der Waals surface area contributed by atoms with E-state index in [9.17, 15) is 0 Å². The highest BCUT2D eigenvalue weighted by Gasteiger charge is 2.32. The van der Waals surface area contributed by atoms with Gasteiger partial charge in [-0.15, -0.1) is 11.8 Å². The predicted molar refractivity (Wildman–Crippen MR) is 67.8 cm³/mol. The van der Waals surface area contributed by atoms with Crippen LogP contribution in [0.25, 0.3) is 0 Å². The Hall–Kier alpha value is -0.180. The molecule has 1 heterocycles. The van der Waals surface area contributed by atoms with Crippen LogP contribution in [0.1, 0.15) is 31.4 Å². The van der Waals surface area contributed by atoms with Gasteiger partial charge in [0.05, 0.1) is 5.02 Å². The van der Waals surface area contributed by atoms with Gasteiger partial charge in [0.2, 0.25) is 0 Å². The first-order valence-electron chi connectivity index (χ1n) is 5.40. The number of rotatable bonds is 3. The zero-order valence-electron chi connectivity index (χ0n) is 9.09. The lowest BCUT2D eigenvalue weighted by atomic mass is 10.0. The zero-order valence-corrected chi connectivity index (χ0v) is 10.7. The summed E-state index contributed by atoms with van der Waals surface area (Å²) >= 11 is 8.13. The van der Waals surface area contributed by atoms with Crippen molar-refractivity contribution in [3.05, 3.63) is 28.8 Å². The van der Waals surface area contributed by atoms with Crippen molar-refractivity contribution in [2.45, 2.75) is 36.0 Å². The van der Waals surface area contributed by atoms with E-state index in [0.29, 0.717) is 11.3 Å². The molecule has 0 amide bonds. The van der Waals surface area contributed by atoms with Gasteiger partial charge in [-0.3, -0.25) is 0 Å². The Labute approximate surface area is 101 Å². The molecule has 0 saturated carbocycles. The van der Waals surface area contributed by atoms with E-state index in [0.717, 1.165) is 5.02 Å². The molecule has 1 aliphatic rings. The van der Waals surface area contributed by atoms with Gasteiger partial charge in [-0.1, -0.05) is 37.1 Å². The number of hydrogen-bond donors (Lipinski definition) is 1. The van der Waals surface area contributed by atoms with Gasteiger partial charge in [-0.25, -0.2) is 0 Å². The number of benzene rings is 1. The van der Waals surface area contributed by atoms with Crippen molar-refractivity contribution in [3.8, 4) is 0 Å². The third-order valence-corrected chi connectivity index (χ3v) is 4.79. The first-order valence-corrected chi connectivity index (χ1v) is 6.66. The van der Waals surface area contributed by atoms with Gasteiger partial charge in [-0.05, 0) is 25.1 Å². The molecule has 1 aromatic carbocycles. The summed E-state index contributed by atoms with van der Waals surface area (Å²) < 4.78 is 0. The molecule has 0 radical (unpaired) electrons. The Morgan fingerprint density at radius 2 is 2.27 bits per heavy atom. The van der Waals surface area contributed by atoms with Crippen LogP contribution in [0.2, 0.25) is 5.02 Å². The fourth-order valence-corrected chi connectivity index (χ4v) is 4.07. The van der Waals surface area contributed by atoms with Crippen LogP contribution in [0.15, 0.2) is 23.1 Å².